The number of rotatable bonds is 12. The number of aliphatic carboxylic acids is 1. The van der Waals surface area contributed by atoms with Gasteiger partial charge in [-0.3, -0.25) is 9.59 Å². The van der Waals surface area contributed by atoms with Crippen LogP contribution in [0.15, 0.2) is 46.4 Å². The van der Waals surface area contributed by atoms with Crippen LogP contribution < -0.4 is 21.2 Å². The third-order valence-corrected chi connectivity index (χ3v) is 8.14. The first kappa shape index (κ1) is 30.0. The molecular weight excluding hydrogens is 524 g/mol. The van der Waals surface area contributed by atoms with Gasteiger partial charge in [0.2, 0.25) is 15.9 Å². The van der Waals surface area contributed by atoms with E-state index in [2.05, 4.69) is 20.5 Å². The van der Waals surface area contributed by atoms with Gasteiger partial charge in [-0.05, 0) is 54.6 Å². The molecule has 0 spiro atoms. The van der Waals surface area contributed by atoms with Gasteiger partial charge in [0.25, 0.3) is 5.91 Å². The van der Waals surface area contributed by atoms with Gasteiger partial charge in [0.05, 0.1) is 10.5 Å². The molecular formula is C26H36N6O6S. The van der Waals surface area contributed by atoms with Crippen LogP contribution in [0.4, 0.5) is 0 Å². The van der Waals surface area contributed by atoms with Crippen LogP contribution in [0.5, 0.6) is 0 Å². The number of hydrogen-bond donors (Lipinski definition) is 5. The van der Waals surface area contributed by atoms with E-state index in [4.69, 9.17) is 5.84 Å². The van der Waals surface area contributed by atoms with Gasteiger partial charge in [0.1, 0.15) is 0 Å². The maximum absolute atomic E-state index is 13.6. The number of piperidine rings is 1. The van der Waals surface area contributed by atoms with E-state index in [0.717, 1.165) is 24.3 Å². The maximum Gasteiger partial charge on any atom is 0.342 e. The minimum absolute atomic E-state index is 0.00101. The summed E-state index contributed by atoms with van der Waals surface area (Å²) in [5.74, 6) is 2.64. The van der Waals surface area contributed by atoms with Crippen LogP contribution in [0.25, 0.3) is 10.8 Å². The molecule has 3 atom stereocenters. The number of sulfonamides is 1. The molecule has 12 nitrogen and oxygen atoms in total. The van der Waals surface area contributed by atoms with Crippen molar-refractivity contribution in [2.24, 2.45) is 16.9 Å². The average Bonchev–Trinajstić information content (AvgIpc) is 2.93. The van der Waals surface area contributed by atoms with Crippen LogP contribution >= 0.6 is 0 Å². The SMILES string of the molecule is CCCN(C(=O)CC)[C@@H](NS(=O)(=O)c1cc2ccccc2cc1C(=O)NCC1CCCN[C@@H]1C=NN)C(=O)O. The molecule has 1 aliphatic heterocycles. The van der Waals surface area contributed by atoms with Crippen molar-refractivity contribution in [3.63, 3.8) is 0 Å². The maximum atomic E-state index is 13.6. The summed E-state index contributed by atoms with van der Waals surface area (Å²) >= 11 is 0. The highest BCUT2D eigenvalue weighted by molar-refractivity contribution is 7.89. The van der Waals surface area contributed by atoms with E-state index in [1.807, 2.05) is 0 Å². The number of hydrogen-bond acceptors (Lipinski definition) is 8. The van der Waals surface area contributed by atoms with E-state index in [1.165, 1.54) is 12.1 Å². The molecule has 0 radical (unpaired) electrons. The lowest BCUT2D eigenvalue weighted by molar-refractivity contribution is -0.150. The van der Waals surface area contributed by atoms with Gasteiger partial charge in [-0.15, -0.1) is 0 Å². The summed E-state index contributed by atoms with van der Waals surface area (Å²) in [6, 6.07) is 9.60. The molecule has 1 saturated heterocycles. The van der Waals surface area contributed by atoms with Gasteiger partial charge in [-0.25, -0.2) is 13.2 Å². The molecule has 1 unspecified atom stereocenters. The number of fused-ring (bicyclic) bond motifs is 1. The number of nitrogens with one attached hydrogen (secondary N) is 3. The number of carboxylic acids is 1. The summed E-state index contributed by atoms with van der Waals surface area (Å²) in [5.41, 5.74) is -0.137. The second-order valence-corrected chi connectivity index (χ2v) is 11.1. The van der Waals surface area contributed by atoms with Crippen LogP contribution in [0.1, 0.15) is 49.9 Å². The third kappa shape index (κ3) is 7.31. The number of amides is 2. The van der Waals surface area contributed by atoms with Crippen LogP contribution in [0.3, 0.4) is 0 Å². The molecule has 0 aromatic heterocycles. The Morgan fingerprint density at radius 1 is 1.23 bits per heavy atom. The van der Waals surface area contributed by atoms with E-state index in [0.29, 0.717) is 17.2 Å². The highest BCUT2D eigenvalue weighted by atomic mass is 32.2. The summed E-state index contributed by atoms with van der Waals surface area (Å²) in [7, 11) is -4.57. The minimum atomic E-state index is -4.57. The van der Waals surface area contributed by atoms with Crippen LogP contribution in [0, 0.1) is 5.92 Å². The number of benzene rings is 2. The highest BCUT2D eigenvalue weighted by Crippen LogP contribution is 2.25. The smallest absolute Gasteiger partial charge is 0.342 e. The Kier molecular flexibility index (Phi) is 10.4. The summed E-state index contributed by atoms with van der Waals surface area (Å²) in [4.78, 5) is 38.6. The fourth-order valence-corrected chi connectivity index (χ4v) is 6.09. The van der Waals surface area contributed by atoms with Gasteiger partial charge in [-0.2, -0.15) is 9.82 Å². The number of nitrogens with two attached hydrogens (primary N) is 1. The molecule has 13 heteroatoms. The molecule has 6 N–H and O–H groups in total. The standard InChI is InChI=1S/C26H36N6O6S/c1-3-12-32(23(33)4-2)24(26(35)36)31-39(37,38)22-14-18-9-6-5-8-17(18)13-20(22)25(34)29-15-19-10-7-11-28-21(19)16-30-27/h5-6,8-9,13-14,16,19,21,24,28,31H,3-4,7,10-12,15,27H2,1-2H3,(H,29,34)(H,35,36)/t19?,21-,24-/m1/s1. The van der Waals surface area contributed by atoms with Gasteiger partial charge in [0, 0.05) is 31.8 Å². The summed E-state index contributed by atoms with van der Waals surface area (Å²) in [6.07, 6.45) is 1.88. The summed E-state index contributed by atoms with van der Waals surface area (Å²) < 4.78 is 29.4. The van der Waals surface area contributed by atoms with Crippen LogP contribution in [-0.4, -0.2) is 74.3 Å². The van der Waals surface area contributed by atoms with Crippen molar-refractivity contribution in [1.82, 2.24) is 20.3 Å². The monoisotopic (exact) mass is 560 g/mol. The average molecular weight is 561 g/mol. The lowest BCUT2D eigenvalue weighted by Crippen LogP contribution is -2.55. The molecule has 3 rings (SSSR count). The van der Waals surface area contributed by atoms with Gasteiger partial charge < -0.3 is 26.5 Å². The van der Waals surface area contributed by atoms with Crippen molar-refractivity contribution in [3.8, 4) is 0 Å². The van der Waals surface area contributed by atoms with Crippen molar-refractivity contribution < 1.29 is 27.9 Å². The first-order valence-electron chi connectivity index (χ1n) is 12.9. The second-order valence-electron chi connectivity index (χ2n) is 9.39. The summed E-state index contributed by atoms with van der Waals surface area (Å²) in [6.45, 7) is 4.40. The Morgan fingerprint density at radius 3 is 2.54 bits per heavy atom. The molecule has 2 amide bonds. The number of carboxylic acid groups (broad SMARTS) is 1. The van der Waals surface area contributed by atoms with Crippen LogP contribution in [-0.2, 0) is 19.6 Å². The lowest BCUT2D eigenvalue weighted by atomic mass is 9.91. The fraction of sp³-hybridized carbons (Fsp3) is 0.462. The molecule has 1 aliphatic rings. The van der Waals surface area contributed by atoms with Crippen LogP contribution in [0.2, 0.25) is 0 Å². The predicted molar refractivity (Wildman–Crippen MR) is 148 cm³/mol. The molecule has 1 fully saturated rings. The van der Waals surface area contributed by atoms with E-state index >= 15 is 0 Å². The third-order valence-electron chi connectivity index (χ3n) is 6.69. The Labute approximate surface area is 228 Å². The summed E-state index contributed by atoms with van der Waals surface area (Å²) in [5, 5.41) is 20.7. The van der Waals surface area contributed by atoms with Crippen molar-refractivity contribution in [2.75, 3.05) is 19.6 Å². The molecule has 2 aromatic rings. The number of carbonyl (C=O) groups is 3. The van der Waals surface area contributed by atoms with Gasteiger partial charge in [0.15, 0.2) is 6.17 Å². The molecule has 1 heterocycles. The second kappa shape index (κ2) is 13.5. The number of hydrazone groups is 1. The molecule has 0 aliphatic carbocycles. The predicted octanol–water partition coefficient (Wildman–Crippen LogP) is 1.22. The number of carbonyl (C=O) groups excluding carboxylic acids is 2. The topological polar surface area (TPSA) is 183 Å². The van der Waals surface area contributed by atoms with E-state index in [-0.39, 0.29) is 41.9 Å². The van der Waals surface area contributed by atoms with Gasteiger partial charge >= 0.3 is 5.97 Å². The molecule has 212 valence electrons. The Morgan fingerprint density at radius 2 is 1.92 bits per heavy atom. The zero-order valence-electron chi connectivity index (χ0n) is 22.1. The molecule has 0 saturated carbocycles. The quantitative estimate of drug-likeness (QED) is 0.111. The Bertz CT molecular complexity index is 1330. The van der Waals surface area contributed by atoms with Crippen molar-refractivity contribution in [3.05, 3.63) is 42.0 Å². The normalized spacial score (nSPS) is 18.6. The van der Waals surface area contributed by atoms with Crippen molar-refractivity contribution in [2.45, 2.75) is 56.6 Å². The Hall–Kier alpha value is -3.55. The first-order chi connectivity index (χ1) is 18.6. The molecule has 0 bridgehead atoms. The molecule has 2 aromatic carbocycles. The largest absolute Gasteiger partial charge is 0.479 e. The zero-order valence-corrected chi connectivity index (χ0v) is 22.9. The minimum Gasteiger partial charge on any atom is -0.479 e. The van der Waals surface area contributed by atoms with E-state index < -0.39 is 34.0 Å². The van der Waals surface area contributed by atoms with E-state index in [1.54, 1.807) is 44.3 Å². The zero-order chi connectivity index (χ0) is 28.6. The number of nitrogens with zero attached hydrogens (tertiary/aromatic N) is 2. The molecule has 39 heavy (non-hydrogen) atoms. The van der Waals surface area contributed by atoms with E-state index in [9.17, 15) is 27.9 Å². The fourth-order valence-electron chi connectivity index (χ4n) is 4.71. The first-order valence-corrected chi connectivity index (χ1v) is 14.4. The van der Waals surface area contributed by atoms with Crippen molar-refractivity contribution in [1.29, 1.82) is 0 Å². The Balaban J connectivity index is 1.98. The highest BCUT2D eigenvalue weighted by Gasteiger charge is 2.35. The van der Waals surface area contributed by atoms with Gasteiger partial charge in [-0.1, -0.05) is 38.1 Å². The van der Waals surface area contributed by atoms with Crippen molar-refractivity contribution >= 4 is 44.8 Å². The lowest BCUT2D eigenvalue weighted by Gasteiger charge is -2.30.